The molecule has 0 spiro atoms. The third-order valence-corrected chi connectivity index (χ3v) is 6.86. The number of hydrogen-bond acceptors (Lipinski definition) is 4. The summed E-state index contributed by atoms with van der Waals surface area (Å²) in [5, 5.41) is 8.98. The van der Waals surface area contributed by atoms with Gasteiger partial charge in [0.05, 0.1) is 5.69 Å². The first-order valence-electron chi connectivity index (χ1n) is 11.7. The predicted octanol–water partition coefficient (Wildman–Crippen LogP) is 4.96. The molecule has 0 unspecified atom stereocenters. The first kappa shape index (κ1) is 20.7. The molecule has 2 aliphatic rings. The zero-order valence-corrected chi connectivity index (χ0v) is 18.9. The number of rotatable bonds is 3. The van der Waals surface area contributed by atoms with Crippen LogP contribution < -0.4 is 9.80 Å². The second-order valence-corrected chi connectivity index (χ2v) is 9.08. The summed E-state index contributed by atoms with van der Waals surface area (Å²) in [5.41, 5.74) is 6.91. The van der Waals surface area contributed by atoms with E-state index in [1.807, 2.05) is 17.0 Å². The number of amides is 1. The zero-order chi connectivity index (χ0) is 22.1. The van der Waals surface area contributed by atoms with Gasteiger partial charge in [-0.15, -0.1) is 10.2 Å². The van der Waals surface area contributed by atoms with Crippen molar-refractivity contribution in [2.45, 2.75) is 39.5 Å². The predicted molar refractivity (Wildman–Crippen MR) is 129 cm³/mol. The fourth-order valence-electron chi connectivity index (χ4n) is 5.03. The van der Waals surface area contributed by atoms with E-state index in [2.05, 4.69) is 71.4 Å². The fraction of sp³-hybridized carbons (Fsp3) is 0.370. The molecule has 3 heterocycles. The topological polar surface area (TPSA) is 49.3 Å². The van der Waals surface area contributed by atoms with E-state index in [-0.39, 0.29) is 11.8 Å². The highest BCUT2D eigenvalue weighted by Crippen LogP contribution is 2.32. The summed E-state index contributed by atoms with van der Waals surface area (Å²) < 4.78 is 0. The molecule has 0 radical (unpaired) electrons. The van der Waals surface area contributed by atoms with Crippen LogP contribution in [0.2, 0.25) is 0 Å². The molecule has 5 rings (SSSR count). The highest BCUT2D eigenvalue weighted by molar-refractivity contribution is 5.96. The standard InChI is InChI=1S/C27H30N4O/c1-19-9-11-25-22(18-19)7-5-15-31(25)27(32)21-13-16-30(17-14-21)26-12-10-24(28-29-26)23-8-4-3-6-20(23)2/h3-4,6,8-12,18,21H,5,7,13-17H2,1-2H3. The van der Waals surface area contributed by atoms with Gasteiger partial charge >= 0.3 is 0 Å². The van der Waals surface area contributed by atoms with E-state index in [9.17, 15) is 4.79 Å². The molecular formula is C27H30N4O. The number of fused-ring (bicyclic) bond motifs is 1. The molecule has 5 nitrogen and oxygen atoms in total. The van der Waals surface area contributed by atoms with Gasteiger partial charge in [0, 0.05) is 36.8 Å². The SMILES string of the molecule is Cc1ccc2c(c1)CCCN2C(=O)C1CCN(c2ccc(-c3ccccc3C)nn2)CC1. The molecule has 164 valence electrons. The Morgan fingerprint density at radius 1 is 0.938 bits per heavy atom. The van der Waals surface area contributed by atoms with E-state index in [0.717, 1.165) is 68.1 Å². The first-order chi connectivity index (χ1) is 15.6. The Morgan fingerprint density at radius 2 is 1.75 bits per heavy atom. The van der Waals surface area contributed by atoms with Crippen LogP contribution in [0.5, 0.6) is 0 Å². The van der Waals surface area contributed by atoms with Gasteiger partial charge in [-0.3, -0.25) is 4.79 Å². The Balaban J connectivity index is 1.24. The van der Waals surface area contributed by atoms with Crippen LogP contribution in [0, 0.1) is 19.8 Å². The molecule has 2 aliphatic heterocycles. The number of aromatic nitrogens is 2. The van der Waals surface area contributed by atoms with Gasteiger partial charge in [0.25, 0.3) is 0 Å². The van der Waals surface area contributed by atoms with E-state index < -0.39 is 0 Å². The van der Waals surface area contributed by atoms with Crippen LogP contribution in [0.1, 0.15) is 36.0 Å². The Bertz CT molecular complexity index is 1120. The summed E-state index contributed by atoms with van der Waals surface area (Å²) in [5.74, 6) is 1.26. The van der Waals surface area contributed by atoms with Crippen molar-refractivity contribution < 1.29 is 4.79 Å². The van der Waals surface area contributed by atoms with Gasteiger partial charge < -0.3 is 9.80 Å². The van der Waals surface area contributed by atoms with Crippen LogP contribution in [0.4, 0.5) is 11.5 Å². The van der Waals surface area contributed by atoms with E-state index in [1.165, 1.54) is 16.7 Å². The van der Waals surface area contributed by atoms with Gasteiger partial charge in [-0.1, -0.05) is 42.0 Å². The van der Waals surface area contributed by atoms with Crippen molar-refractivity contribution in [1.82, 2.24) is 10.2 Å². The number of benzene rings is 2. The zero-order valence-electron chi connectivity index (χ0n) is 18.9. The normalized spacial score (nSPS) is 16.7. The lowest BCUT2D eigenvalue weighted by molar-refractivity contribution is -0.123. The summed E-state index contributed by atoms with van der Waals surface area (Å²) in [6.07, 6.45) is 3.83. The highest BCUT2D eigenvalue weighted by atomic mass is 16.2. The maximum absolute atomic E-state index is 13.4. The molecule has 0 aliphatic carbocycles. The number of piperidine rings is 1. The molecule has 1 amide bonds. The molecule has 0 atom stereocenters. The van der Waals surface area contributed by atoms with Gasteiger partial charge in [0.2, 0.25) is 5.91 Å². The first-order valence-corrected chi connectivity index (χ1v) is 11.7. The van der Waals surface area contributed by atoms with Crippen molar-refractivity contribution in [3.8, 4) is 11.3 Å². The lowest BCUT2D eigenvalue weighted by Gasteiger charge is -2.36. The summed E-state index contributed by atoms with van der Waals surface area (Å²) in [4.78, 5) is 17.6. The van der Waals surface area contributed by atoms with Crippen LogP contribution in [0.3, 0.4) is 0 Å². The maximum Gasteiger partial charge on any atom is 0.230 e. The van der Waals surface area contributed by atoms with Crippen LogP contribution in [-0.2, 0) is 11.2 Å². The van der Waals surface area contributed by atoms with Crippen molar-refractivity contribution >= 4 is 17.4 Å². The Hall–Kier alpha value is -3.21. The van der Waals surface area contributed by atoms with E-state index in [0.29, 0.717) is 0 Å². The lowest BCUT2D eigenvalue weighted by atomic mass is 9.92. The van der Waals surface area contributed by atoms with E-state index >= 15 is 0 Å². The number of carbonyl (C=O) groups is 1. The molecule has 32 heavy (non-hydrogen) atoms. The third-order valence-electron chi connectivity index (χ3n) is 6.86. The molecule has 1 aromatic heterocycles. The minimum absolute atomic E-state index is 0.0812. The molecule has 1 saturated heterocycles. The van der Waals surface area contributed by atoms with Crippen molar-refractivity contribution in [3.63, 3.8) is 0 Å². The second-order valence-electron chi connectivity index (χ2n) is 9.08. The molecule has 3 aromatic rings. The van der Waals surface area contributed by atoms with Crippen molar-refractivity contribution in [2.75, 3.05) is 29.4 Å². The maximum atomic E-state index is 13.4. The van der Waals surface area contributed by atoms with Gasteiger partial charge in [-0.25, -0.2) is 0 Å². The summed E-state index contributed by atoms with van der Waals surface area (Å²) in [6, 6.07) is 18.8. The molecule has 0 N–H and O–H groups in total. The number of hydrogen-bond donors (Lipinski definition) is 0. The van der Waals surface area contributed by atoms with Crippen LogP contribution in [0.25, 0.3) is 11.3 Å². The van der Waals surface area contributed by atoms with Crippen molar-refractivity contribution in [1.29, 1.82) is 0 Å². The number of aryl methyl sites for hydroxylation is 3. The highest BCUT2D eigenvalue weighted by Gasteiger charge is 2.31. The monoisotopic (exact) mass is 426 g/mol. The van der Waals surface area contributed by atoms with E-state index in [1.54, 1.807) is 0 Å². The van der Waals surface area contributed by atoms with Gasteiger partial charge in [0.1, 0.15) is 0 Å². The minimum Gasteiger partial charge on any atom is -0.355 e. The average Bonchev–Trinajstić information content (AvgIpc) is 2.83. The molecule has 0 bridgehead atoms. The van der Waals surface area contributed by atoms with Gasteiger partial charge in [-0.2, -0.15) is 0 Å². The molecule has 5 heteroatoms. The van der Waals surface area contributed by atoms with Crippen molar-refractivity contribution in [2.24, 2.45) is 5.92 Å². The van der Waals surface area contributed by atoms with E-state index in [4.69, 9.17) is 0 Å². The summed E-state index contributed by atoms with van der Waals surface area (Å²) >= 11 is 0. The number of anilines is 2. The third kappa shape index (κ3) is 3.99. The minimum atomic E-state index is 0.0812. The lowest BCUT2D eigenvalue weighted by Crippen LogP contribution is -2.44. The molecule has 2 aromatic carbocycles. The Labute approximate surface area is 190 Å². The van der Waals surface area contributed by atoms with Gasteiger partial charge in [-0.05, 0) is 68.9 Å². The molecular weight excluding hydrogens is 396 g/mol. The number of carbonyl (C=O) groups excluding carboxylic acids is 1. The number of nitrogens with zero attached hydrogens (tertiary/aromatic N) is 4. The van der Waals surface area contributed by atoms with Gasteiger partial charge in [0.15, 0.2) is 5.82 Å². The molecule has 1 fully saturated rings. The largest absolute Gasteiger partial charge is 0.355 e. The quantitative estimate of drug-likeness (QED) is 0.594. The average molecular weight is 427 g/mol. The smallest absolute Gasteiger partial charge is 0.230 e. The van der Waals surface area contributed by atoms with Crippen LogP contribution in [0.15, 0.2) is 54.6 Å². The second kappa shape index (κ2) is 8.73. The molecule has 0 saturated carbocycles. The van der Waals surface area contributed by atoms with Crippen molar-refractivity contribution in [3.05, 3.63) is 71.3 Å². The Morgan fingerprint density at radius 3 is 2.50 bits per heavy atom. The van der Waals surface area contributed by atoms with Crippen LogP contribution in [-0.4, -0.2) is 35.7 Å². The summed E-state index contributed by atoms with van der Waals surface area (Å²) in [7, 11) is 0. The summed E-state index contributed by atoms with van der Waals surface area (Å²) in [6.45, 7) is 6.72. The van der Waals surface area contributed by atoms with Crippen LogP contribution >= 0.6 is 0 Å². The Kier molecular flexibility index (Phi) is 5.64. The fourth-order valence-corrected chi connectivity index (χ4v) is 5.03.